The molecule has 0 aliphatic carbocycles. The number of hydrogen-bond donors (Lipinski definition) is 0. The number of fused-ring (bicyclic) bond motifs is 2. The maximum atomic E-state index is 4.96. The molecule has 0 aliphatic heterocycles. The minimum atomic E-state index is -0.508. The Labute approximate surface area is 211 Å². The summed E-state index contributed by atoms with van der Waals surface area (Å²) in [7, 11) is 0. The molecule has 0 aromatic carbocycles. The summed E-state index contributed by atoms with van der Waals surface area (Å²) in [5, 5.41) is 0. The fourth-order valence-electron chi connectivity index (χ4n) is 4.07. The summed E-state index contributed by atoms with van der Waals surface area (Å²) < 4.78 is 4.13. The van der Waals surface area contributed by atoms with Crippen molar-refractivity contribution in [2.45, 2.75) is 19.3 Å². The van der Waals surface area contributed by atoms with Crippen LogP contribution in [0.15, 0.2) is 85.7 Å². The first-order valence-electron chi connectivity index (χ1n) is 10.7. The van der Waals surface area contributed by atoms with Crippen LogP contribution in [0, 0.1) is 12.1 Å². The summed E-state index contributed by atoms with van der Waals surface area (Å²) in [5.74, 6) is 0. The fourth-order valence-corrected chi connectivity index (χ4v) is 4.07. The largest absolute Gasteiger partial charge is 2.00 e. The Kier molecular flexibility index (Phi) is 5.62. The molecule has 0 atom stereocenters. The van der Waals surface area contributed by atoms with Gasteiger partial charge in [0.15, 0.2) is 0 Å². The van der Waals surface area contributed by atoms with Gasteiger partial charge in [-0.3, -0.25) is 9.97 Å². The SMILES string of the molecule is CC(C)(c1cncc(-c2[c-]cc3ccccn23)n1)c1cncc(-c2[c-]cc3ccccn23)n1.[Pt+2]. The smallest absolute Gasteiger partial charge is 0.390 e. The molecule has 6 heterocycles. The molecule has 0 saturated heterocycles. The van der Waals surface area contributed by atoms with Crippen molar-refractivity contribution in [1.29, 1.82) is 0 Å². The van der Waals surface area contributed by atoms with Gasteiger partial charge >= 0.3 is 21.1 Å². The first-order valence-corrected chi connectivity index (χ1v) is 10.7. The van der Waals surface area contributed by atoms with E-state index in [0.717, 1.165) is 45.2 Å². The van der Waals surface area contributed by atoms with Crippen molar-refractivity contribution >= 4 is 11.0 Å². The maximum Gasteiger partial charge on any atom is 2.00 e. The molecule has 6 aromatic rings. The summed E-state index contributed by atoms with van der Waals surface area (Å²) in [6.07, 6.45) is 11.2. The van der Waals surface area contributed by atoms with Crippen LogP contribution in [0.4, 0.5) is 0 Å². The number of hydrogen-bond acceptors (Lipinski definition) is 4. The Bertz CT molecular complexity index is 1490. The first-order chi connectivity index (χ1) is 16.1. The van der Waals surface area contributed by atoms with Crippen LogP contribution >= 0.6 is 0 Å². The molecule has 0 saturated carbocycles. The molecule has 7 heteroatoms. The number of nitrogens with zero attached hydrogens (tertiary/aromatic N) is 6. The molecule has 6 nitrogen and oxygen atoms in total. The molecule has 34 heavy (non-hydrogen) atoms. The quantitative estimate of drug-likeness (QED) is 0.259. The summed E-state index contributed by atoms with van der Waals surface area (Å²) in [5.41, 5.74) is 6.54. The Morgan fingerprint density at radius 3 is 1.62 bits per heavy atom. The van der Waals surface area contributed by atoms with Crippen molar-refractivity contribution < 1.29 is 21.1 Å². The van der Waals surface area contributed by atoms with Crippen LogP contribution in [-0.4, -0.2) is 28.7 Å². The topological polar surface area (TPSA) is 60.4 Å². The van der Waals surface area contributed by atoms with Crippen molar-refractivity contribution in [2.24, 2.45) is 0 Å². The first kappa shape index (κ1) is 22.2. The van der Waals surface area contributed by atoms with Crippen molar-refractivity contribution in [2.75, 3.05) is 0 Å². The fraction of sp³-hybridized carbons (Fsp3) is 0.111. The summed E-state index contributed by atoms with van der Waals surface area (Å²) in [4.78, 5) is 18.9. The predicted octanol–water partition coefficient (Wildman–Crippen LogP) is 5.03. The van der Waals surface area contributed by atoms with E-state index >= 15 is 0 Å². The Balaban J connectivity index is 0.00000241. The van der Waals surface area contributed by atoms with Crippen LogP contribution in [-0.2, 0) is 26.5 Å². The Morgan fingerprint density at radius 1 is 0.676 bits per heavy atom. The monoisotopic (exact) mass is 623 g/mol. The maximum absolute atomic E-state index is 4.96. The van der Waals surface area contributed by atoms with Crippen LogP contribution in [0.1, 0.15) is 25.2 Å². The van der Waals surface area contributed by atoms with E-state index in [0.29, 0.717) is 0 Å². The zero-order valence-electron chi connectivity index (χ0n) is 18.6. The molecular weight excluding hydrogens is 603 g/mol. The van der Waals surface area contributed by atoms with Gasteiger partial charge in [0.2, 0.25) is 0 Å². The van der Waals surface area contributed by atoms with E-state index in [2.05, 4.69) is 44.7 Å². The van der Waals surface area contributed by atoms with Crippen LogP contribution in [0.2, 0.25) is 0 Å². The summed E-state index contributed by atoms with van der Waals surface area (Å²) in [6, 6.07) is 22.7. The molecule has 6 rings (SSSR count). The molecular formula is C27H20N6Pt. The van der Waals surface area contributed by atoms with E-state index < -0.39 is 5.41 Å². The van der Waals surface area contributed by atoms with Gasteiger partial charge in [0.1, 0.15) is 0 Å². The molecule has 0 unspecified atom stereocenters. The molecule has 0 aliphatic rings. The third kappa shape index (κ3) is 3.64. The van der Waals surface area contributed by atoms with Gasteiger partial charge in [-0.15, -0.1) is 0 Å². The summed E-state index contributed by atoms with van der Waals surface area (Å²) >= 11 is 0. The molecule has 0 radical (unpaired) electrons. The standard InChI is InChI=1S/C27H20N6.Pt/c1-27(2,25-17-28-15-21(30-25)23-11-9-19-7-3-5-13-32(19)23)26-18-29-16-22(31-26)24-12-10-20-8-4-6-14-33(20)24;/h3-10,13-18H,1-2H3;/q-2;+2. The molecule has 0 spiro atoms. The zero-order valence-corrected chi connectivity index (χ0v) is 20.9. The van der Waals surface area contributed by atoms with Gasteiger partial charge in [0, 0.05) is 29.2 Å². The number of rotatable bonds is 4. The Morgan fingerprint density at radius 2 is 1.15 bits per heavy atom. The van der Waals surface area contributed by atoms with Gasteiger partial charge in [0.25, 0.3) is 0 Å². The molecule has 0 fully saturated rings. The van der Waals surface area contributed by atoms with Crippen molar-refractivity contribution in [3.63, 3.8) is 0 Å². The predicted molar refractivity (Wildman–Crippen MR) is 127 cm³/mol. The van der Waals surface area contributed by atoms with E-state index in [1.54, 1.807) is 24.8 Å². The molecule has 0 N–H and O–H groups in total. The number of aromatic nitrogens is 6. The molecule has 0 bridgehead atoms. The van der Waals surface area contributed by atoms with Gasteiger partial charge in [0.05, 0.1) is 11.4 Å². The number of pyridine rings is 2. The van der Waals surface area contributed by atoms with E-state index in [9.17, 15) is 0 Å². The van der Waals surface area contributed by atoms with E-state index in [1.807, 2.05) is 60.9 Å². The van der Waals surface area contributed by atoms with Crippen LogP contribution < -0.4 is 0 Å². The third-order valence-electron chi connectivity index (χ3n) is 6.01. The van der Waals surface area contributed by atoms with Gasteiger partial charge < -0.3 is 18.8 Å². The van der Waals surface area contributed by atoms with Crippen molar-refractivity contribution in [3.8, 4) is 22.8 Å². The second kappa shape index (κ2) is 8.62. The van der Waals surface area contributed by atoms with Gasteiger partial charge in [-0.05, 0) is 50.8 Å². The van der Waals surface area contributed by atoms with Crippen LogP contribution in [0.5, 0.6) is 0 Å². The van der Waals surface area contributed by atoms with E-state index in [1.165, 1.54) is 0 Å². The zero-order chi connectivity index (χ0) is 22.4. The van der Waals surface area contributed by atoms with Crippen molar-refractivity contribution in [3.05, 3.63) is 109 Å². The van der Waals surface area contributed by atoms with Crippen molar-refractivity contribution in [1.82, 2.24) is 28.7 Å². The van der Waals surface area contributed by atoms with Gasteiger partial charge in [-0.1, -0.05) is 46.7 Å². The summed E-state index contributed by atoms with van der Waals surface area (Å²) in [6.45, 7) is 4.18. The van der Waals surface area contributed by atoms with Gasteiger partial charge in [-0.2, -0.15) is 24.3 Å². The average Bonchev–Trinajstić information content (AvgIpc) is 3.49. The minimum absolute atomic E-state index is 0. The van der Waals surface area contributed by atoms with E-state index in [-0.39, 0.29) is 21.1 Å². The van der Waals surface area contributed by atoms with Crippen LogP contribution in [0.25, 0.3) is 33.8 Å². The molecule has 0 amide bonds. The molecule has 168 valence electrons. The van der Waals surface area contributed by atoms with Gasteiger partial charge in [-0.25, -0.2) is 0 Å². The second-order valence-corrected chi connectivity index (χ2v) is 8.47. The third-order valence-corrected chi connectivity index (χ3v) is 6.01. The van der Waals surface area contributed by atoms with E-state index in [4.69, 9.17) is 9.97 Å². The average molecular weight is 624 g/mol. The van der Waals surface area contributed by atoms with Crippen LogP contribution in [0.3, 0.4) is 0 Å². The second-order valence-electron chi connectivity index (χ2n) is 8.47. The minimum Gasteiger partial charge on any atom is -0.390 e. The Hall–Kier alpha value is -3.63. The molecule has 6 aromatic heterocycles. The normalized spacial score (nSPS) is 11.6.